The maximum absolute atomic E-state index is 9.95. The summed E-state index contributed by atoms with van der Waals surface area (Å²) in [5, 5.41) is 12.8. The Morgan fingerprint density at radius 3 is 3.08 bits per heavy atom. The third kappa shape index (κ3) is 2.46. The quantitative estimate of drug-likeness (QED) is 0.555. The topological polar surface area (TPSA) is 66.8 Å². The van der Waals surface area contributed by atoms with E-state index in [1.807, 2.05) is 11.6 Å². The fourth-order valence-electron chi connectivity index (χ4n) is 0.651. The van der Waals surface area contributed by atoms with Gasteiger partial charge in [0.05, 0.1) is 5.88 Å². The summed E-state index contributed by atoms with van der Waals surface area (Å²) in [5.41, 5.74) is 0. The number of aryl methyl sites for hydroxylation is 1. The van der Waals surface area contributed by atoms with Gasteiger partial charge in [0.1, 0.15) is 0 Å². The zero-order valence-electron chi connectivity index (χ0n) is 6.48. The largest absolute Gasteiger partial charge is 0.451 e. The van der Waals surface area contributed by atoms with Crippen LogP contribution in [0.3, 0.4) is 0 Å². The van der Waals surface area contributed by atoms with E-state index in [-0.39, 0.29) is 5.88 Å². The van der Waals surface area contributed by atoms with Crippen LogP contribution in [0.2, 0.25) is 0 Å². The molecule has 0 atom stereocenters. The normalized spacial score (nSPS) is 9.75. The summed E-state index contributed by atoms with van der Waals surface area (Å²) in [6, 6.07) is 0. The van der Waals surface area contributed by atoms with E-state index in [9.17, 15) is 9.90 Å². The Hall–Kier alpha value is -1.17. The van der Waals surface area contributed by atoms with Crippen molar-refractivity contribution in [1.82, 2.24) is 14.9 Å². The first-order chi connectivity index (χ1) is 5.70. The van der Waals surface area contributed by atoms with Crippen molar-refractivity contribution in [3.63, 3.8) is 0 Å². The lowest BCUT2D eigenvalue weighted by atomic mass is 10.9. The third-order valence-corrected chi connectivity index (χ3v) is 2.14. The first kappa shape index (κ1) is 8.92. The Balaban J connectivity index is 2.33. The molecule has 0 aliphatic carbocycles. The molecule has 0 bridgehead atoms. The second-order valence-electron chi connectivity index (χ2n) is 2.07. The van der Waals surface area contributed by atoms with Crippen molar-refractivity contribution in [3.8, 4) is 0 Å². The lowest BCUT2D eigenvalue weighted by Gasteiger charge is -1.99. The van der Waals surface area contributed by atoms with Crippen molar-refractivity contribution in [1.29, 1.82) is 0 Å². The minimum absolute atomic E-state index is 0.257. The number of carbonyl (C=O) groups excluding carboxylic acids is 1. The molecule has 6 heteroatoms. The molecular weight excluding hydrogens is 178 g/mol. The zero-order valence-corrected chi connectivity index (χ0v) is 7.30. The van der Waals surface area contributed by atoms with Gasteiger partial charge in [-0.2, -0.15) is 0 Å². The number of hydrogen-bond donors (Lipinski definition) is 1. The molecule has 0 aliphatic heterocycles. The van der Waals surface area contributed by atoms with Crippen LogP contribution in [0.15, 0.2) is 17.6 Å². The lowest BCUT2D eigenvalue weighted by Crippen LogP contribution is -2.18. The van der Waals surface area contributed by atoms with Gasteiger partial charge in [0, 0.05) is 19.4 Å². The van der Waals surface area contributed by atoms with Gasteiger partial charge in [0.25, 0.3) is 0 Å². The minimum atomic E-state index is -1.27. The number of imidazole rings is 1. The molecule has 1 rings (SSSR count). The van der Waals surface area contributed by atoms with Crippen LogP contribution in [0.25, 0.3) is 0 Å². The highest BCUT2D eigenvalue weighted by atomic mass is 32.2. The molecule has 1 amide bonds. The fraction of sp³-hybridized carbons (Fsp3) is 0.333. The van der Waals surface area contributed by atoms with Gasteiger partial charge in [-0.1, -0.05) is 11.8 Å². The molecule has 5 nitrogen and oxygen atoms in total. The molecule has 1 N–H and O–H groups in total. The SMILES string of the molecule is Cn1ccnc1SCNC([O])=O. The van der Waals surface area contributed by atoms with Gasteiger partial charge >= 0.3 is 6.09 Å². The van der Waals surface area contributed by atoms with E-state index < -0.39 is 6.09 Å². The standard InChI is InChI=1S/C6H8N3O2S/c1-9-3-2-7-5(9)12-4-8-6(10)11/h2-3,8H,4H2,1H3. The zero-order chi connectivity index (χ0) is 8.97. The summed E-state index contributed by atoms with van der Waals surface area (Å²) in [6.07, 6.45) is 2.18. The van der Waals surface area contributed by atoms with Crippen LogP contribution in [0, 0.1) is 0 Å². The second-order valence-corrected chi connectivity index (χ2v) is 3.02. The van der Waals surface area contributed by atoms with Crippen molar-refractivity contribution in [2.24, 2.45) is 7.05 Å². The van der Waals surface area contributed by atoms with Crippen molar-refractivity contribution in [3.05, 3.63) is 12.4 Å². The van der Waals surface area contributed by atoms with Gasteiger partial charge in [-0.3, -0.25) is 0 Å². The Morgan fingerprint density at radius 1 is 1.83 bits per heavy atom. The molecule has 0 unspecified atom stereocenters. The van der Waals surface area contributed by atoms with Crippen LogP contribution in [0.4, 0.5) is 4.79 Å². The molecule has 0 fully saturated rings. The average molecular weight is 186 g/mol. The summed E-state index contributed by atoms with van der Waals surface area (Å²) in [4.78, 5) is 13.9. The monoisotopic (exact) mass is 186 g/mol. The highest BCUT2D eigenvalue weighted by molar-refractivity contribution is 7.99. The first-order valence-corrected chi connectivity index (χ1v) is 4.23. The Labute approximate surface area is 73.8 Å². The number of thioether (sulfide) groups is 1. The first-order valence-electron chi connectivity index (χ1n) is 3.25. The molecule has 1 heterocycles. The predicted octanol–water partition coefficient (Wildman–Crippen LogP) is 0.610. The molecular formula is C6H8N3O2S. The van der Waals surface area contributed by atoms with E-state index in [1.165, 1.54) is 11.8 Å². The molecule has 0 saturated carbocycles. The van der Waals surface area contributed by atoms with Crippen molar-refractivity contribution < 1.29 is 9.90 Å². The van der Waals surface area contributed by atoms with Gasteiger partial charge in [0.2, 0.25) is 0 Å². The average Bonchev–Trinajstić information content (AvgIpc) is 2.36. The smallest absolute Gasteiger partial charge is 0.329 e. The van der Waals surface area contributed by atoms with Crippen LogP contribution in [0.5, 0.6) is 0 Å². The highest BCUT2D eigenvalue weighted by Gasteiger charge is 2.01. The van der Waals surface area contributed by atoms with Crippen LogP contribution in [0.1, 0.15) is 0 Å². The van der Waals surface area contributed by atoms with Crippen LogP contribution >= 0.6 is 11.8 Å². The molecule has 1 aromatic rings. The molecule has 0 spiro atoms. The summed E-state index contributed by atoms with van der Waals surface area (Å²) in [5.74, 6) is 0.257. The predicted molar refractivity (Wildman–Crippen MR) is 43.2 cm³/mol. The van der Waals surface area contributed by atoms with Crippen molar-refractivity contribution in [2.45, 2.75) is 5.16 Å². The number of nitrogens with zero attached hydrogens (tertiary/aromatic N) is 2. The number of amides is 1. The van der Waals surface area contributed by atoms with E-state index in [0.29, 0.717) is 0 Å². The third-order valence-electron chi connectivity index (χ3n) is 1.19. The van der Waals surface area contributed by atoms with E-state index in [0.717, 1.165) is 5.16 Å². The number of hydrogen-bond acceptors (Lipinski definition) is 3. The number of nitrogens with one attached hydrogen (secondary N) is 1. The maximum atomic E-state index is 9.95. The Kier molecular flexibility index (Phi) is 2.98. The summed E-state index contributed by atoms with van der Waals surface area (Å²) < 4.78 is 1.81. The van der Waals surface area contributed by atoms with Crippen molar-refractivity contribution in [2.75, 3.05) is 5.88 Å². The minimum Gasteiger partial charge on any atom is -0.329 e. The second kappa shape index (κ2) is 4.01. The number of rotatable bonds is 3. The molecule has 1 radical (unpaired) electrons. The summed E-state index contributed by atoms with van der Waals surface area (Å²) >= 11 is 1.30. The number of aromatic nitrogens is 2. The molecule has 12 heavy (non-hydrogen) atoms. The Bertz CT molecular complexity index is 274. The van der Waals surface area contributed by atoms with E-state index >= 15 is 0 Å². The van der Waals surface area contributed by atoms with E-state index in [1.54, 1.807) is 12.4 Å². The van der Waals surface area contributed by atoms with E-state index in [2.05, 4.69) is 10.3 Å². The van der Waals surface area contributed by atoms with Crippen molar-refractivity contribution >= 4 is 17.9 Å². The molecule has 0 aromatic carbocycles. The van der Waals surface area contributed by atoms with Crippen LogP contribution in [-0.2, 0) is 12.2 Å². The number of carbonyl (C=O) groups is 1. The van der Waals surface area contributed by atoms with Gasteiger partial charge in [-0.15, -0.1) is 0 Å². The summed E-state index contributed by atoms with van der Waals surface area (Å²) in [6.45, 7) is 0. The van der Waals surface area contributed by atoms with E-state index in [4.69, 9.17) is 0 Å². The highest BCUT2D eigenvalue weighted by Crippen LogP contribution is 2.11. The van der Waals surface area contributed by atoms with Gasteiger partial charge in [0.15, 0.2) is 5.16 Å². The maximum Gasteiger partial charge on any atom is 0.451 e. The molecule has 65 valence electrons. The molecule has 1 aromatic heterocycles. The summed E-state index contributed by atoms with van der Waals surface area (Å²) in [7, 11) is 1.84. The molecule has 0 aliphatic rings. The van der Waals surface area contributed by atoms with Gasteiger partial charge in [-0.05, 0) is 0 Å². The van der Waals surface area contributed by atoms with Gasteiger partial charge in [-0.25, -0.2) is 14.9 Å². The molecule has 0 saturated heterocycles. The fourth-order valence-corrected chi connectivity index (χ4v) is 1.37. The van der Waals surface area contributed by atoms with Crippen LogP contribution < -0.4 is 5.32 Å². The Morgan fingerprint density at radius 2 is 2.58 bits per heavy atom. The van der Waals surface area contributed by atoms with Gasteiger partial charge < -0.3 is 9.88 Å². The lowest BCUT2D eigenvalue weighted by molar-refractivity contribution is 0.170. The van der Waals surface area contributed by atoms with Crippen LogP contribution in [-0.4, -0.2) is 21.5 Å².